The number of carbonyl (C=O) groups excluding carboxylic acids is 1. The van der Waals surface area contributed by atoms with Crippen LogP contribution in [0.3, 0.4) is 0 Å². The summed E-state index contributed by atoms with van der Waals surface area (Å²) < 4.78 is 38.6. The van der Waals surface area contributed by atoms with Gasteiger partial charge in [0.25, 0.3) is 0 Å². The average Bonchev–Trinajstić information content (AvgIpc) is 2.60. The van der Waals surface area contributed by atoms with Crippen molar-refractivity contribution in [3.63, 3.8) is 0 Å². The second-order valence-corrected chi connectivity index (χ2v) is 8.62. The Bertz CT molecular complexity index is 873. The molecule has 0 aliphatic carbocycles. The standard InChI is InChI=1S/C19H22ClFN2O3S/c1-27(25,26)23(13-16-6-2-3-7-18(16)21)14-19(24)22-12-4-5-15-8-10-17(20)11-9-15/h2-3,6-11H,4-5,12-14H2,1H3,(H,22,24). The predicted octanol–water partition coefficient (Wildman–Crippen LogP) is 2.99. The summed E-state index contributed by atoms with van der Waals surface area (Å²) in [5.41, 5.74) is 1.32. The van der Waals surface area contributed by atoms with Crippen molar-refractivity contribution in [2.45, 2.75) is 19.4 Å². The van der Waals surface area contributed by atoms with Crippen molar-refractivity contribution >= 4 is 27.5 Å². The normalized spacial score (nSPS) is 11.6. The number of amides is 1. The molecule has 0 spiro atoms. The highest BCUT2D eigenvalue weighted by Crippen LogP contribution is 2.12. The smallest absolute Gasteiger partial charge is 0.235 e. The molecule has 2 aromatic carbocycles. The molecule has 0 unspecified atom stereocenters. The van der Waals surface area contributed by atoms with Crippen LogP contribution in [0.1, 0.15) is 17.5 Å². The molecule has 0 aliphatic heterocycles. The molecule has 0 aromatic heterocycles. The van der Waals surface area contributed by atoms with E-state index in [1.54, 1.807) is 6.07 Å². The van der Waals surface area contributed by atoms with Gasteiger partial charge in [0.15, 0.2) is 0 Å². The quantitative estimate of drug-likeness (QED) is 0.644. The first-order valence-corrected chi connectivity index (χ1v) is 10.7. The van der Waals surface area contributed by atoms with Crippen LogP contribution in [0.15, 0.2) is 48.5 Å². The first kappa shape index (κ1) is 21.3. The fraction of sp³-hybridized carbons (Fsp3) is 0.316. The van der Waals surface area contributed by atoms with Crippen LogP contribution in [-0.4, -0.2) is 38.0 Å². The highest BCUT2D eigenvalue weighted by molar-refractivity contribution is 7.88. The van der Waals surface area contributed by atoms with E-state index in [4.69, 9.17) is 11.6 Å². The molecule has 1 amide bonds. The van der Waals surface area contributed by atoms with Crippen LogP contribution in [0.2, 0.25) is 5.02 Å². The Morgan fingerprint density at radius 1 is 1.15 bits per heavy atom. The van der Waals surface area contributed by atoms with Gasteiger partial charge in [-0.25, -0.2) is 12.8 Å². The summed E-state index contributed by atoms with van der Waals surface area (Å²) >= 11 is 5.83. The minimum atomic E-state index is -3.66. The molecule has 0 aliphatic rings. The SMILES string of the molecule is CS(=O)(=O)N(CC(=O)NCCCc1ccc(Cl)cc1)Cc1ccccc1F. The number of aryl methyl sites for hydroxylation is 1. The van der Waals surface area contributed by atoms with Crippen molar-refractivity contribution in [2.75, 3.05) is 19.3 Å². The van der Waals surface area contributed by atoms with Crippen molar-refractivity contribution in [3.05, 3.63) is 70.5 Å². The summed E-state index contributed by atoms with van der Waals surface area (Å²) in [7, 11) is -3.66. The van der Waals surface area contributed by atoms with Crippen LogP contribution < -0.4 is 5.32 Å². The van der Waals surface area contributed by atoms with E-state index in [0.29, 0.717) is 18.0 Å². The maximum Gasteiger partial charge on any atom is 0.235 e. The van der Waals surface area contributed by atoms with Gasteiger partial charge in [-0.3, -0.25) is 4.79 Å². The zero-order valence-electron chi connectivity index (χ0n) is 15.0. The van der Waals surface area contributed by atoms with Gasteiger partial charge < -0.3 is 5.32 Å². The van der Waals surface area contributed by atoms with Crippen molar-refractivity contribution in [1.29, 1.82) is 0 Å². The van der Waals surface area contributed by atoms with E-state index in [2.05, 4.69) is 5.32 Å². The summed E-state index contributed by atoms with van der Waals surface area (Å²) in [6.07, 6.45) is 2.48. The van der Waals surface area contributed by atoms with Gasteiger partial charge in [0.1, 0.15) is 5.82 Å². The van der Waals surface area contributed by atoms with E-state index in [9.17, 15) is 17.6 Å². The summed E-state index contributed by atoms with van der Waals surface area (Å²) in [6, 6.07) is 13.4. The third-order valence-electron chi connectivity index (χ3n) is 3.97. The van der Waals surface area contributed by atoms with Gasteiger partial charge in [0, 0.05) is 23.7 Å². The topological polar surface area (TPSA) is 66.5 Å². The third-order valence-corrected chi connectivity index (χ3v) is 5.42. The van der Waals surface area contributed by atoms with Crippen LogP contribution in [0.4, 0.5) is 4.39 Å². The van der Waals surface area contributed by atoms with Gasteiger partial charge in [-0.15, -0.1) is 0 Å². The Morgan fingerprint density at radius 2 is 1.81 bits per heavy atom. The van der Waals surface area contributed by atoms with Gasteiger partial charge in [-0.2, -0.15) is 4.31 Å². The summed E-state index contributed by atoms with van der Waals surface area (Å²) in [5, 5.41) is 3.37. The lowest BCUT2D eigenvalue weighted by Crippen LogP contribution is -2.40. The highest BCUT2D eigenvalue weighted by atomic mass is 35.5. The van der Waals surface area contributed by atoms with Crippen LogP contribution in [-0.2, 0) is 27.8 Å². The van der Waals surface area contributed by atoms with Gasteiger partial charge >= 0.3 is 0 Å². The molecule has 0 bridgehead atoms. The number of benzene rings is 2. The molecule has 1 N–H and O–H groups in total. The summed E-state index contributed by atoms with van der Waals surface area (Å²) in [6.45, 7) is -0.128. The molecule has 5 nitrogen and oxygen atoms in total. The molecule has 0 saturated heterocycles. The van der Waals surface area contributed by atoms with Crippen molar-refractivity contribution in [2.24, 2.45) is 0 Å². The number of halogens is 2. The molecule has 0 heterocycles. The fourth-order valence-corrected chi connectivity index (χ4v) is 3.35. The number of nitrogens with one attached hydrogen (secondary N) is 1. The largest absolute Gasteiger partial charge is 0.355 e. The Morgan fingerprint density at radius 3 is 2.44 bits per heavy atom. The van der Waals surface area contributed by atoms with E-state index >= 15 is 0 Å². The zero-order chi connectivity index (χ0) is 19.9. The molecular formula is C19H22ClFN2O3S. The molecule has 0 saturated carbocycles. The summed E-state index contributed by atoms with van der Waals surface area (Å²) in [5.74, 6) is -0.928. The number of carbonyl (C=O) groups is 1. The highest BCUT2D eigenvalue weighted by Gasteiger charge is 2.21. The number of nitrogens with zero attached hydrogens (tertiary/aromatic N) is 1. The number of hydrogen-bond acceptors (Lipinski definition) is 3. The number of rotatable bonds is 9. The molecule has 0 radical (unpaired) electrons. The Hall–Kier alpha value is -1.96. The predicted molar refractivity (Wildman–Crippen MR) is 104 cm³/mol. The second kappa shape index (κ2) is 9.82. The molecule has 2 rings (SSSR count). The molecule has 0 atom stereocenters. The molecular weight excluding hydrogens is 391 g/mol. The first-order valence-electron chi connectivity index (χ1n) is 8.45. The van der Waals surface area contributed by atoms with Crippen LogP contribution in [0.25, 0.3) is 0 Å². The van der Waals surface area contributed by atoms with E-state index in [-0.39, 0.29) is 18.7 Å². The van der Waals surface area contributed by atoms with Crippen molar-refractivity contribution in [1.82, 2.24) is 9.62 Å². The van der Waals surface area contributed by atoms with E-state index in [1.807, 2.05) is 24.3 Å². The number of sulfonamides is 1. The minimum Gasteiger partial charge on any atom is -0.355 e. The zero-order valence-corrected chi connectivity index (χ0v) is 16.6. The van der Waals surface area contributed by atoms with Crippen LogP contribution >= 0.6 is 11.6 Å². The minimum absolute atomic E-state index is 0.191. The lowest BCUT2D eigenvalue weighted by Gasteiger charge is -2.20. The van der Waals surface area contributed by atoms with E-state index < -0.39 is 21.7 Å². The van der Waals surface area contributed by atoms with Gasteiger partial charge in [-0.1, -0.05) is 41.9 Å². The number of hydrogen-bond donors (Lipinski definition) is 1. The van der Waals surface area contributed by atoms with E-state index in [0.717, 1.165) is 22.5 Å². The fourth-order valence-electron chi connectivity index (χ4n) is 2.49. The van der Waals surface area contributed by atoms with Gasteiger partial charge in [-0.05, 0) is 36.6 Å². The van der Waals surface area contributed by atoms with Gasteiger partial charge in [0.05, 0.1) is 12.8 Å². The Kier molecular flexibility index (Phi) is 7.77. The molecule has 8 heteroatoms. The second-order valence-electron chi connectivity index (χ2n) is 6.20. The lowest BCUT2D eigenvalue weighted by molar-refractivity contribution is -0.121. The maximum atomic E-state index is 13.8. The maximum absolute atomic E-state index is 13.8. The molecule has 146 valence electrons. The van der Waals surface area contributed by atoms with E-state index in [1.165, 1.54) is 18.2 Å². The van der Waals surface area contributed by atoms with Crippen molar-refractivity contribution in [3.8, 4) is 0 Å². The van der Waals surface area contributed by atoms with Crippen LogP contribution in [0, 0.1) is 5.82 Å². The monoisotopic (exact) mass is 412 g/mol. The molecule has 0 fully saturated rings. The molecule has 2 aromatic rings. The van der Waals surface area contributed by atoms with Gasteiger partial charge in [0.2, 0.25) is 15.9 Å². The Balaban J connectivity index is 1.85. The van der Waals surface area contributed by atoms with Crippen molar-refractivity contribution < 1.29 is 17.6 Å². The van der Waals surface area contributed by atoms with Crippen LogP contribution in [0.5, 0.6) is 0 Å². The third kappa shape index (κ3) is 7.28. The Labute approximate surface area is 164 Å². The summed E-state index contributed by atoms with van der Waals surface area (Å²) in [4.78, 5) is 12.1. The average molecular weight is 413 g/mol. The molecule has 27 heavy (non-hydrogen) atoms. The lowest BCUT2D eigenvalue weighted by atomic mass is 10.1. The first-order chi connectivity index (χ1) is 12.8.